The molecular weight excluding hydrogens is 258 g/mol. The minimum atomic E-state index is -0.435. The highest BCUT2D eigenvalue weighted by Gasteiger charge is 2.19. The number of hydrogen-bond donors (Lipinski definition) is 1. The van der Waals surface area contributed by atoms with Crippen molar-refractivity contribution < 1.29 is 9.66 Å². The van der Waals surface area contributed by atoms with Crippen molar-refractivity contribution in [1.82, 2.24) is 4.98 Å². The fourth-order valence-corrected chi connectivity index (χ4v) is 1.93. The maximum absolute atomic E-state index is 11.1. The van der Waals surface area contributed by atoms with Crippen LogP contribution in [0.2, 0.25) is 0 Å². The highest BCUT2D eigenvalue weighted by molar-refractivity contribution is 5.55. The number of pyridine rings is 1. The summed E-state index contributed by atoms with van der Waals surface area (Å²) in [6, 6.07) is 6.69. The second-order valence-electron chi connectivity index (χ2n) is 4.42. The molecule has 104 valence electrons. The van der Waals surface area contributed by atoms with Crippen molar-refractivity contribution in [3.63, 3.8) is 0 Å². The number of aryl methyl sites for hydroxylation is 2. The molecule has 1 aromatic heterocycles. The van der Waals surface area contributed by atoms with Crippen molar-refractivity contribution in [2.24, 2.45) is 0 Å². The van der Waals surface area contributed by atoms with E-state index in [2.05, 4.69) is 10.3 Å². The Morgan fingerprint density at radius 2 is 2.05 bits per heavy atom. The van der Waals surface area contributed by atoms with Gasteiger partial charge in [-0.1, -0.05) is 6.07 Å². The zero-order valence-corrected chi connectivity index (χ0v) is 11.5. The minimum absolute atomic E-state index is 0.0367. The average molecular weight is 273 g/mol. The molecule has 0 bridgehead atoms. The van der Waals surface area contributed by atoms with Gasteiger partial charge in [0.1, 0.15) is 11.6 Å². The third-order valence-electron chi connectivity index (χ3n) is 2.80. The van der Waals surface area contributed by atoms with E-state index in [1.54, 1.807) is 32.3 Å². The highest BCUT2D eigenvalue weighted by Crippen LogP contribution is 2.35. The fraction of sp³-hybridized carbons (Fsp3) is 0.214. The van der Waals surface area contributed by atoms with Gasteiger partial charge in [0.25, 0.3) is 0 Å². The van der Waals surface area contributed by atoms with E-state index in [-0.39, 0.29) is 11.4 Å². The first-order valence-electron chi connectivity index (χ1n) is 6.08. The van der Waals surface area contributed by atoms with Gasteiger partial charge in [-0.2, -0.15) is 0 Å². The Morgan fingerprint density at radius 3 is 2.70 bits per heavy atom. The number of nitro benzene ring substituents is 1. The maximum atomic E-state index is 11.1. The molecule has 20 heavy (non-hydrogen) atoms. The van der Waals surface area contributed by atoms with Crippen LogP contribution in [0.4, 0.5) is 11.5 Å². The second kappa shape index (κ2) is 5.56. The van der Waals surface area contributed by atoms with Gasteiger partial charge >= 0.3 is 5.69 Å². The molecule has 0 aliphatic carbocycles. The Kier molecular flexibility index (Phi) is 3.84. The molecule has 1 heterocycles. The van der Waals surface area contributed by atoms with Crippen LogP contribution >= 0.6 is 0 Å². The van der Waals surface area contributed by atoms with Crippen molar-refractivity contribution in [3.05, 3.63) is 51.7 Å². The van der Waals surface area contributed by atoms with E-state index in [4.69, 9.17) is 4.74 Å². The number of nitrogens with one attached hydrogen (secondary N) is 1. The largest absolute Gasteiger partial charge is 0.450 e. The standard InChI is InChI=1S/C14H15N3O3/c1-9-6-10(2)14(12(7-9)17(18)19)20-11-4-5-16-13(8-11)15-3/h4-8H,1-3H3,(H,15,16). The lowest BCUT2D eigenvalue weighted by molar-refractivity contribution is -0.385. The van der Waals surface area contributed by atoms with Gasteiger partial charge in [0.05, 0.1) is 4.92 Å². The monoisotopic (exact) mass is 273 g/mol. The number of nitro groups is 1. The first-order chi connectivity index (χ1) is 9.51. The Balaban J connectivity index is 2.44. The van der Waals surface area contributed by atoms with E-state index in [1.807, 2.05) is 13.0 Å². The normalized spacial score (nSPS) is 10.2. The smallest absolute Gasteiger partial charge is 0.312 e. The van der Waals surface area contributed by atoms with Crippen LogP contribution in [0.3, 0.4) is 0 Å². The molecule has 1 aromatic carbocycles. The number of rotatable bonds is 4. The number of nitrogens with zero attached hydrogens (tertiary/aromatic N) is 2. The number of anilines is 1. The van der Waals surface area contributed by atoms with Gasteiger partial charge in [-0.15, -0.1) is 0 Å². The molecule has 2 rings (SSSR count). The van der Waals surface area contributed by atoms with Gasteiger partial charge in [0.2, 0.25) is 5.75 Å². The zero-order valence-electron chi connectivity index (χ0n) is 11.5. The van der Waals surface area contributed by atoms with Crippen LogP contribution < -0.4 is 10.1 Å². The second-order valence-corrected chi connectivity index (χ2v) is 4.42. The number of hydrogen-bond acceptors (Lipinski definition) is 5. The van der Waals surface area contributed by atoms with Gasteiger partial charge in [-0.25, -0.2) is 4.98 Å². The summed E-state index contributed by atoms with van der Waals surface area (Å²) >= 11 is 0. The van der Waals surface area contributed by atoms with Crippen LogP contribution in [0.15, 0.2) is 30.5 Å². The van der Waals surface area contributed by atoms with E-state index in [0.717, 1.165) is 11.1 Å². The minimum Gasteiger partial charge on any atom is -0.450 e. The molecule has 0 atom stereocenters. The van der Waals surface area contributed by atoms with E-state index >= 15 is 0 Å². The highest BCUT2D eigenvalue weighted by atomic mass is 16.6. The summed E-state index contributed by atoms with van der Waals surface area (Å²) in [7, 11) is 1.74. The third kappa shape index (κ3) is 2.85. The van der Waals surface area contributed by atoms with E-state index < -0.39 is 4.92 Å². The van der Waals surface area contributed by atoms with Crippen molar-refractivity contribution in [2.75, 3.05) is 12.4 Å². The predicted molar refractivity (Wildman–Crippen MR) is 76.4 cm³/mol. The summed E-state index contributed by atoms with van der Waals surface area (Å²) in [5.41, 5.74) is 1.51. The van der Waals surface area contributed by atoms with Gasteiger partial charge in [-0.3, -0.25) is 10.1 Å². The number of ether oxygens (including phenoxy) is 1. The van der Waals surface area contributed by atoms with Crippen LogP contribution in [-0.2, 0) is 0 Å². The Bertz CT molecular complexity index is 656. The summed E-state index contributed by atoms with van der Waals surface area (Å²) in [5.74, 6) is 1.39. The lowest BCUT2D eigenvalue weighted by Gasteiger charge is -2.10. The summed E-state index contributed by atoms with van der Waals surface area (Å²) in [4.78, 5) is 14.8. The lowest BCUT2D eigenvalue weighted by Crippen LogP contribution is -1.98. The maximum Gasteiger partial charge on any atom is 0.312 e. The Hall–Kier alpha value is -2.63. The van der Waals surface area contributed by atoms with E-state index in [0.29, 0.717) is 11.6 Å². The summed E-state index contributed by atoms with van der Waals surface area (Å²) in [6.45, 7) is 3.60. The van der Waals surface area contributed by atoms with E-state index in [1.165, 1.54) is 6.07 Å². The van der Waals surface area contributed by atoms with Gasteiger partial charge in [0.15, 0.2) is 0 Å². The molecule has 0 radical (unpaired) electrons. The van der Waals surface area contributed by atoms with Crippen LogP contribution in [0.25, 0.3) is 0 Å². The van der Waals surface area contributed by atoms with Crippen LogP contribution in [0, 0.1) is 24.0 Å². The van der Waals surface area contributed by atoms with Gasteiger partial charge in [0, 0.05) is 25.4 Å². The SMILES string of the molecule is CNc1cc(Oc2c(C)cc(C)cc2[N+](=O)[O-])ccn1. The van der Waals surface area contributed by atoms with Crippen LogP contribution in [0.1, 0.15) is 11.1 Å². The average Bonchev–Trinajstić information content (AvgIpc) is 2.41. The topological polar surface area (TPSA) is 77.3 Å². The number of benzene rings is 1. The molecule has 6 nitrogen and oxygen atoms in total. The first kappa shape index (κ1) is 13.8. The zero-order chi connectivity index (χ0) is 14.7. The molecular formula is C14H15N3O3. The summed E-state index contributed by atoms with van der Waals surface area (Å²) in [6.07, 6.45) is 1.58. The molecule has 1 N–H and O–H groups in total. The molecule has 2 aromatic rings. The summed E-state index contributed by atoms with van der Waals surface area (Å²) < 4.78 is 5.68. The molecule has 0 spiro atoms. The van der Waals surface area contributed by atoms with Crippen molar-refractivity contribution in [1.29, 1.82) is 0 Å². The molecule has 0 amide bonds. The molecule has 0 saturated heterocycles. The van der Waals surface area contributed by atoms with Gasteiger partial charge in [-0.05, 0) is 31.0 Å². The van der Waals surface area contributed by atoms with Crippen LogP contribution in [-0.4, -0.2) is 17.0 Å². The van der Waals surface area contributed by atoms with Crippen LogP contribution in [0.5, 0.6) is 11.5 Å². The fourth-order valence-electron chi connectivity index (χ4n) is 1.93. The van der Waals surface area contributed by atoms with Gasteiger partial charge < -0.3 is 10.1 Å². The van der Waals surface area contributed by atoms with Crippen molar-refractivity contribution in [2.45, 2.75) is 13.8 Å². The predicted octanol–water partition coefficient (Wildman–Crippen LogP) is 3.44. The quantitative estimate of drug-likeness (QED) is 0.682. The Morgan fingerprint density at radius 1 is 1.30 bits per heavy atom. The lowest BCUT2D eigenvalue weighted by atomic mass is 10.1. The number of aromatic nitrogens is 1. The molecule has 0 saturated carbocycles. The molecule has 0 aliphatic heterocycles. The molecule has 6 heteroatoms. The molecule has 0 aliphatic rings. The first-order valence-corrected chi connectivity index (χ1v) is 6.08. The summed E-state index contributed by atoms with van der Waals surface area (Å²) in [5, 5.41) is 14.0. The van der Waals surface area contributed by atoms with E-state index in [9.17, 15) is 10.1 Å². The van der Waals surface area contributed by atoms with Crippen molar-refractivity contribution in [3.8, 4) is 11.5 Å². The molecule has 0 fully saturated rings. The molecule has 0 unspecified atom stereocenters. The third-order valence-corrected chi connectivity index (χ3v) is 2.80. The Labute approximate surface area is 116 Å². The van der Waals surface area contributed by atoms with Crippen molar-refractivity contribution >= 4 is 11.5 Å².